The average molecular weight is 281 g/mol. The molecule has 2 atom stereocenters. The minimum atomic E-state index is -0.336. The summed E-state index contributed by atoms with van der Waals surface area (Å²) in [5.74, 6) is 0.551. The Hall–Kier alpha value is -1.63. The Balaban J connectivity index is 2.29. The van der Waals surface area contributed by atoms with E-state index in [0.29, 0.717) is 24.1 Å². The Morgan fingerprint density at radius 3 is 2.95 bits per heavy atom. The van der Waals surface area contributed by atoms with Crippen LogP contribution in [0, 0.1) is 17.0 Å². The van der Waals surface area contributed by atoms with Crippen LogP contribution in [-0.4, -0.2) is 33.3 Å². The second-order valence-corrected chi connectivity index (χ2v) is 5.40. The highest BCUT2D eigenvalue weighted by Crippen LogP contribution is 2.30. The quantitative estimate of drug-likeness (QED) is 0.637. The van der Waals surface area contributed by atoms with Crippen LogP contribution in [-0.2, 0) is 6.54 Å². The Morgan fingerprint density at radius 1 is 1.60 bits per heavy atom. The van der Waals surface area contributed by atoms with Gasteiger partial charge in [-0.1, -0.05) is 6.92 Å². The molecule has 2 N–H and O–H groups in total. The highest BCUT2D eigenvalue weighted by molar-refractivity contribution is 5.60. The van der Waals surface area contributed by atoms with Crippen LogP contribution >= 0.6 is 0 Å². The van der Waals surface area contributed by atoms with Gasteiger partial charge in [-0.05, 0) is 39.7 Å². The third-order valence-electron chi connectivity index (χ3n) is 3.80. The van der Waals surface area contributed by atoms with E-state index in [1.165, 1.54) is 0 Å². The molecule has 20 heavy (non-hydrogen) atoms. The van der Waals surface area contributed by atoms with Crippen molar-refractivity contribution in [3.8, 4) is 0 Å². The number of piperidine rings is 1. The largest absolute Gasteiger partial charge is 0.360 e. The fourth-order valence-corrected chi connectivity index (χ4v) is 2.72. The lowest BCUT2D eigenvalue weighted by Gasteiger charge is -2.31. The van der Waals surface area contributed by atoms with E-state index in [0.717, 1.165) is 25.8 Å². The average Bonchev–Trinajstić information content (AvgIpc) is 2.69. The van der Waals surface area contributed by atoms with E-state index < -0.39 is 0 Å². The van der Waals surface area contributed by atoms with E-state index in [4.69, 9.17) is 0 Å². The monoisotopic (exact) mass is 281 g/mol. The SMILES string of the molecule is CCCn1nc(C)c([N+](=O)[O-])c1NC1CCCNC1C. The molecule has 0 bridgehead atoms. The molecule has 7 nitrogen and oxygen atoms in total. The van der Waals surface area contributed by atoms with Gasteiger partial charge in [-0.3, -0.25) is 10.1 Å². The van der Waals surface area contributed by atoms with Crippen molar-refractivity contribution in [2.75, 3.05) is 11.9 Å². The number of aromatic nitrogens is 2. The van der Waals surface area contributed by atoms with Gasteiger partial charge in [0.15, 0.2) is 0 Å². The molecule has 2 unspecified atom stereocenters. The first-order valence-corrected chi connectivity index (χ1v) is 7.26. The summed E-state index contributed by atoms with van der Waals surface area (Å²) in [6.45, 7) is 7.53. The molecule has 2 heterocycles. The second-order valence-electron chi connectivity index (χ2n) is 5.40. The van der Waals surface area contributed by atoms with E-state index in [-0.39, 0.29) is 16.7 Å². The number of anilines is 1. The topological polar surface area (TPSA) is 85.0 Å². The van der Waals surface area contributed by atoms with Gasteiger partial charge in [0.1, 0.15) is 5.69 Å². The van der Waals surface area contributed by atoms with E-state index in [2.05, 4.69) is 22.7 Å². The van der Waals surface area contributed by atoms with Gasteiger partial charge in [-0.25, -0.2) is 4.68 Å². The van der Waals surface area contributed by atoms with Gasteiger partial charge in [-0.15, -0.1) is 0 Å². The first-order valence-electron chi connectivity index (χ1n) is 7.26. The zero-order valence-corrected chi connectivity index (χ0v) is 12.3. The van der Waals surface area contributed by atoms with Gasteiger partial charge in [0, 0.05) is 18.6 Å². The standard InChI is InChI=1S/C13H23N5O2/c1-4-8-17-13(12(18(19)20)10(3)16-17)15-11-6-5-7-14-9(11)2/h9,11,14-15H,4-8H2,1-3H3. The van der Waals surface area contributed by atoms with Crippen molar-refractivity contribution < 1.29 is 4.92 Å². The number of aryl methyl sites for hydroxylation is 2. The predicted molar refractivity (Wildman–Crippen MR) is 78.0 cm³/mol. The van der Waals surface area contributed by atoms with Crippen molar-refractivity contribution in [2.24, 2.45) is 0 Å². The van der Waals surface area contributed by atoms with Crippen LogP contribution in [0.3, 0.4) is 0 Å². The molecule has 7 heteroatoms. The highest BCUT2D eigenvalue weighted by atomic mass is 16.6. The Morgan fingerprint density at radius 2 is 2.35 bits per heavy atom. The number of nitrogens with zero attached hydrogens (tertiary/aromatic N) is 3. The van der Waals surface area contributed by atoms with E-state index >= 15 is 0 Å². The Kier molecular flexibility index (Phi) is 4.59. The van der Waals surface area contributed by atoms with Crippen molar-refractivity contribution in [2.45, 2.75) is 58.7 Å². The molecule has 1 saturated heterocycles. The summed E-state index contributed by atoms with van der Waals surface area (Å²) in [6.07, 6.45) is 2.99. The normalized spacial score (nSPS) is 22.8. The van der Waals surface area contributed by atoms with Gasteiger partial charge in [0.05, 0.1) is 4.92 Å². The van der Waals surface area contributed by atoms with E-state index in [9.17, 15) is 10.1 Å². The minimum Gasteiger partial charge on any atom is -0.360 e. The molecule has 1 aliphatic heterocycles. The second kappa shape index (κ2) is 6.21. The summed E-state index contributed by atoms with van der Waals surface area (Å²) in [5, 5.41) is 22.3. The van der Waals surface area contributed by atoms with Crippen LogP contribution < -0.4 is 10.6 Å². The molecule has 0 aliphatic carbocycles. The molecule has 112 valence electrons. The van der Waals surface area contributed by atoms with Gasteiger partial charge < -0.3 is 10.6 Å². The summed E-state index contributed by atoms with van der Waals surface area (Å²) in [7, 11) is 0. The fraction of sp³-hybridized carbons (Fsp3) is 0.769. The molecular weight excluding hydrogens is 258 g/mol. The van der Waals surface area contributed by atoms with E-state index in [1.54, 1.807) is 11.6 Å². The van der Waals surface area contributed by atoms with Crippen molar-refractivity contribution in [1.29, 1.82) is 0 Å². The van der Waals surface area contributed by atoms with Gasteiger partial charge in [-0.2, -0.15) is 5.10 Å². The van der Waals surface area contributed by atoms with Crippen LogP contribution in [0.4, 0.5) is 11.5 Å². The third kappa shape index (κ3) is 2.92. The maximum absolute atomic E-state index is 11.3. The minimum absolute atomic E-state index is 0.108. The van der Waals surface area contributed by atoms with Crippen LogP contribution in [0.1, 0.15) is 38.8 Å². The zero-order valence-electron chi connectivity index (χ0n) is 12.3. The lowest BCUT2D eigenvalue weighted by atomic mass is 10.00. The molecule has 1 aromatic rings. The molecule has 2 rings (SSSR count). The van der Waals surface area contributed by atoms with E-state index in [1.807, 2.05) is 6.92 Å². The van der Waals surface area contributed by atoms with Gasteiger partial charge in [0.2, 0.25) is 5.82 Å². The van der Waals surface area contributed by atoms with Gasteiger partial charge in [0.25, 0.3) is 0 Å². The summed E-state index contributed by atoms with van der Waals surface area (Å²) < 4.78 is 1.73. The molecule has 0 saturated carbocycles. The highest BCUT2D eigenvalue weighted by Gasteiger charge is 2.29. The van der Waals surface area contributed by atoms with Crippen molar-refractivity contribution >= 4 is 11.5 Å². The predicted octanol–water partition coefficient (Wildman–Crippen LogP) is 2.06. The van der Waals surface area contributed by atoms with Crippen LogP contribution in [0.5, 0.6) is 0 Å². The van der Waals surface area contributed by atoms with Crippen LogP contribution in [0.25, 0.3) is 0 Å². The van der Waals surface area contributed by atoms with Crippen molar-refractivity contribution in [1.82, 2.24) is 15.1 Å². The van der Waals surface area contributed by atoms with Crippen molar-refractivity contribution in [3.63, 3.8) is 0 Å². The molecule has 1 aromatic heterocycles. The summed E-state index contributed by atoms with van der Waals surface area (Å²) in [6, 6.07) is 0.503. The van der Waals surface area contributed by atoms with Gasteiger partial charge >= 0.3 is 5.69 Å². The number of rotatable bonds is 5. The Labute approximate surface area is 118 Å². The summed E-state index contributed by atoms with van der Waals surface area (Å²) in [4.78, 5) is 10.9. The number of nitro groups is 1. The fourth-order valence-electron chi connectivity index (χ4n) is 2.72. The Bertz CT molecular complexity index is 485. The summed E-state index contributed by atoms with van der Waals surface area (Å²) in [5.41, 5.74) is 0.582. The summed E-state index contributed by atoms with van der Waals surface area (Å²) >= 11 is 0. The third-order valence-corrected chi connectivity index (χ3v) is 3.80. The van der Waals surface area contributed by atoms with Crippen molar-refractivity contribution in [3.05, 3.63) is 15.8 Å². The molecule has 1 aliphatic rings. The maximum Gasteiger partial charge on any atom is 0.333 e. The number of hydrogen-bond acceptors (Lipinski definition) is 5. The lowest BCUT2D eigenvalue weighted by Crippen LogP contribution is -2.46. The van der Waals surface area contributed by atoms with Crippen LogP contribution in [0.15, 0.2) is 0 Å². The molecule has 0 aromatic carbocycles. The molecule has 0 amide bonds. The molecule has 0 radical (unpaired) electrons. The number of nitrogens with one attached hydrogen (secondary N) is 2. The first kappa shape index (κ1) is 14.8. The van der Waals surface area contributed by atoms with Crippen LogP contribution in [0.2, 0.25) is 0 Å². The zero-order chi connectivity index (χ0) is 14.7. The number of hydrogen-bond donors (Lipinski definition) is 2. The molecule has 1 fully saturated rings. The maximum atomic E-state index is 11.3. The molecule has 0 spiro atoms. The first-order chi connectivity index (χ1) is 9.54. The lowest BCUT2D eigenvalue weighted by molar-refractivity contribution is -0.384. The smallest absolute Gasteiger partial charge is 0.333 e. The molecular formula is C13H23N5O2.